The Bertz CT molecular complexity index is 263. The summed E-state index contributed by atoms with van der Waals surface area (Å²) in [4.78, 5) is 5.99. The van der Waals surface area contributed by atoms with Gasteiger partial charge in [0, 0.05) is 24.8 Å². The average molecular weight is 236 g/mol. The fourth-order valence-corrected chi connectivity index (χ4v) is 1.53. The Hall–Kier alpha value is -0.280. The van der Waals surface area contributed by atoms with Crippen molar-refractivity contribution in [3.05, 3.63) is 21.8 Å². The smallest absolute Gasteiger partial charge is 0.146 e. The Morgan fingerprint density at radius 1 is 1.55 bits per heavy atom. The molecule has 0 bridgehead atoms. The zero-order valence-electron chi connectivity index (χ0n) is 6.31. The van der Waals surface area contributed by atoms with E-state index in [9.17, 15) is 0 Å². The second-order valence-electron chi connectivity index (χ2n) is 2.35. The van der Waals surface area contributed by atoms with Gasteiger partial charge in [0.2, 0.25) is 0 Å². The third kappa shape index (κ3) is 2.07. The van der Waals surface area contributed by atoms with Crippen molar-refractivity contribution in [3.63, 3.8) is 0 Å². The van der Waals surface area contributed by atoms with Crippen LogP contribution in [0.2, 0.25) is 5.02 Å². The van der Waals surface area contributed by atoms with Crippen molar-refractivity contribution in [1.29, 1.82) is 0 Å². The highest BCUT2D eigenvalue weighted by Crippen LogP contribution is 2.24. The summed E-state index contributed by atoms with van der Waals surface area (Å²) in [7, 11) is 3.81. The third-order valence-corrected chi connectivity index (χ3v) is 1.92. The topological polar surface area (TPSA) is 16.1 Å². The quantitative estimate of drug-likeness (QED) is 0.744. The van der Waals surface area contributed by atoms with Gasteiger partial charge in [0.1, 0.15) is 5.82 Å². The van der Waals surface area contributed by atoms with Gasteiger partial charge in [-0.15, -0.1) is 0 Å². The Labute approximate surface area is 79.3 Å². The summed E-state index contributed by atoms with van der Waals surface area (Å²) in [5.74, 6) is 0.787. The lowest BCUT2D eigenvalue weighted by Gasteiger charge is -2.12. The summed E-state index contributed by atoms with van der Waals surface area (Å²) in [5.41, 5.74) is 0. The minimum absolute atomic E-state index is 0.657. The van der Waals surface area contributed by atoms with Crippen LogP contribution in [0.5, 0.6) is 0 Å². The van der Waals surface area contributed by atoms with Crippen molar-refractivity contribution in [2.75, 3.05) is 19.0 Å². The van der Waals surface area contributed by atoms with Gasteiger partial charge in [-0.3, -0.25) is 0 Å². The van der Waals surface area contributed by atoms with Crippen LogP contribution < -0.4 is 4.90 Å². The SMILES string of the molecule is CN(C)c1ncc(Br)cc1Cl. The van der Waals surface area contributed by atoms with Crippen molar-refractivity contribution in [1.82, 2.24) is 4.98 Å². The van der Waals surface area contributed by atoms with Crippen LogP contribution in [0.25, 0.3) is 0 Å². The van der Waals surface area contributed by atoms with Crippen LogP contribution >= 0.6 is 27.5 Å². The molecule has 0 aliphatic heterocycles. The molecule has 0 aliphatic rings. The van der Waals surface area contributed by atoms with E-state index in [1.54, 1.807) is 6.20 Å². The monoisotopic (exact) mass is 234 g/mol. The molecule has 11 heavy (non-hydrogen) atoms. The van der Waals surface area contributed by atoms with Gasteiger partial charge < -0.3 is 4.90 Å². The van der Waals surface area contributed by atoms with Gasteiger partial charge in [-0.05, 0) is 22.0 Å². The first-order chi connectivity index (χ1) is 5.11. The van der Waals surface area contributed by atoms with E-state index in [0.717, 1.165) is 10.3 Å². The molecule has 0 fully saturated rings. The van der Waals surface area contributed by atoms with E-state index in [1.165, 1.54) is 0 Å². The summed E-state index contributed by atoms with van der Waals surface area (Å²) in [6.07, 6.45) is 1.72. The highest BCUT2D eigenvalue weighted by atomic mass is 79.9. The van der Waals surface area contributed by atoms with E-state index in [-0.39, 0.29) is 0 Å². The lowest BCUT2D eigenvalue weighted by Crippen LogP contribution is -2.10. The molecule has 0 saturated heterocycles. The number of nitrogens with zero attached hydrogens (tertiary/aromatic N) is 2. The normalized spacial score (nSPS) is 9.82. The van der Waals surface area contributed by atoms with Crippen molar-refractivity contribution < 1.29 is 0 Å². The molecule has 0 aliphatic carbocycles. The molecule has 0 unspecified atom stereocenters. The lowest BCUT2D eigenvalue weighted by molar-refractivity contribution is 1.07. The van der Waals surface area contributed by atoms with E-state index >= 15 is 0 Å². The Morgan fingerprint density at radius 3 is 2.64 bits per heavy atom. The van der Waals surface area contributed by atoms with Crippen LogP contribution in [-0.2, 0) is 0 Å². The van der Waals surface area contributed by atoms with Crippen LogP contribution in [-0.4, -0.2) is 19.1 Å². The molecule has 0 radical (unpaired) electrons. The standard InChI is InChI=1S/C7H8BrClN2/c1-11(2)7-6(9)3-5(8)4-10-7/h3-4H,1-2H3. The Balaban J connectivity index is 3.09. The van der Waals surface area contributed by atoms with Crippen molar-refractivity contribution in [2.24, 2.45) is 0 Å². The first-order valence-corrected chi connectivity index (χ1v) is 4.26. The predicted octanol–water partition coefficient (Wildman–Crippen LogP) is 2.56. The van der Waals surface area contributed by atoms with Gasteiger partial charge in [-0.25, -0.2) is 4.98 Å². The van der Waals surface area contributed by atoms with Gasteiger partial charge in [-0.1, -0.05) is 11.6 Å². The fraction of sp³-hybridized carbons (Fsp3) is 0.286. The average Bonchev–Trinajstić information content (AvgIpc) is 1.85. The number of rotatable bonds is 1. The molecule has 4 heteroatoms. The molecule has 1 aromatic heterocycles. The lowest BCUT2D eigenvalue weighted by atomic mass is 10.4. The second kappa shape index (κ2) is 3.41. The largest absolute Gasteiger partial charge is 0.362 e. The molecule has 1 aromatic rings. The first-order valence-electron chi connectivity index (χ1n) is 3.09. The molecule has 0 saturated carbocycles. The van der Waals surface area contributed by atoms with Gasteiger partial charge in [0.15, 0.2) is 0 Å². The van der Waals surface area contributed by atoms with E-state index in [2.05, 4.69) is 20.9 Å². The number of hydrogen-bond donors (Lipinski definition) is 0. The summed E-state index contributed by atoms with van der Waals surface area (Å²) < 4.78 is 0.896. The molecule has 0 N–H and O–H groups in total. The third-order valence-electron chi connectivity index (χ3n) is 1.21. The first kappa shape index (κ1) is 8.81. The summed E-state index contributed by atoms with van der Waals surface area (Å²) in [5, 5.41) is 0.657. The highest BCUT2D eigenvalue weighted by Gasteiger charge is 2.02. The van der Waals surface area contributed by atoms with Crippen LogP contribution in [0.4, 0.5) is 5.82 Å². The maximum atomic E-state index is 5.89. The number of hydrogen-bond acceptors (Lipinski definition) is 2. The number of pyridine rings is 1. The van der Waals surface area contributed by atoms with Gasteiger partial charge in [0.05, 0.1) is 5.02 Å². The van der Waals surface area contributed by atoms with E-state index in [1.807, 2.05) is 25.1 Å². The van der Waals surface area contributed by atoms with Crippen molar-refractivity contribution >= 4 is 33.3 Å². The number of halogens is 2. The molecule has 0 atom stereocenters. The molecular formula is C7H8BrClN2. The molecule has 1 heterocycles. The molecule has 60 valence electrons. The zero-order valence-corrected chi connectivity index (χ0v) is 8.65. The van der Waals surface area contributed by atoms with Gasteiger partial charge >= 0.3 is 0 Å². The second-order valence-corrected chi connectivity index (χ2v) is 3.68. The Morgan fingerprint density at radius 2 is 2.18 bits per heavy atom. The summed E-state index contributed by atoms with van der Waals surface area (Å²) in [6.45, 7) is 0. The van der Waals surface area contributed by atoms with E-state index < -0.39 is 0 Å². The van der Waals surface area contributed by atoms with E-state index in [4.69, 9.17) is 11.6 Å². The minimum atomic E-state index is 0.657. The highest BCUT2D eigenvalue weighted by molar-refractivity contribution is 9.10. The fourth-order valence-electron chi connectivity index (χ4n) is 0.736. The summed E-state index contributed by atoms with van der Waals surface area (Å²) >= 11 is 9.17. The molecular weight excluding hydrogens is 227 g/mol. The maximum Gasteiger partial charge on any atom is 0.146 e. The van der Waals surface area contributed by atoms with Gasteiger partial charge in [0.25, 0.3) is 0 Å². The zero-order chi connectivity index (χ0) is 8.43. The van der Waals surface area contributed by atoms with Crippen molar-refractivity contribution in [2.45, 2.75) is 0 Å². The van der Waals surface area contributed by atoms with Crippen LogP contribution in [0.1, 0.15) is 0 Å². The predicted molar refractivity (Wildman–Crippen MR) is 51.3 cm³/mol. The van der Waals surface area contributed by atoms with Crippen LogP contribution in [0, 0.1) is 0 Å². The van der Waals surface area contributed by atoms with Crippen molar-refractivity contribution in [3.8, 4) is 0 Å². The number of anilines is 1. The molecule has 0 spiro atoms. The van der Waals surface area contributed by atoms with Gasteiger partial charge in [-0.2, -0.15) is 0 Å². The number of aromatic nitrogens is 1. The van der Waals surface area contributed by atoms with Crippen LogP contribution in [0.3, 0.4) is 0 Å². The molecule has 2 nitrogen and oxygen atoms in total. The molecule has 0 amide bonds. The maximum absolute atomic E-state index is 5.89. The van der Waals surface area contributed by atoms with E-state index in [0.29, 0.717) is 5.02 Å². The van der Waals surface area contributed by atoms with Crippen LogP contribution in [0.15, 0.2) is 16.7 Å². The minimum Gasteiger partial charge on any atom is -0.362 e. The summed E-state index contributed by atoms with van der Waals surface area (Å²) in [6, 6.07) is 1.82. The Kier molecular flexibility index (Phi) is 2.73. The molecule has 1 rings (SSSR count). The molecule has 0 aromatic carbocycles.